The molecule has 2 aliphatic heterocycles. The molecule has 0 aliphatic carbocycles. The van der Waals surface area contributed by atoms with Gasteiger partial charge in [0.2, 0.25) is 9.84 Å². The molecule has 3 rings (SSSR count). The molecule has 0 saturated heterocycles. The molecule has 0 unspecified atom stereocenters. The molecule has 8 heteroatoms. The number of carboxylic acids is 1. The lowest BCUT2D eigenvalue weighted by Crippen LogP contribution is -1.98. The van der Waals surface area contributed by atoms with Crippen molar-refractivity contribution in [2.75, 3.05) is 6.61 Å². The Balaban J connectivity index is 0.000000181. The summed E-state index contributed by atoms with van der Waals surface area (Å²) in [6.45, 7) is 3.63. The number of Topliss-reactive ketones (excluding diaryl/α,β-unsaturated/α-hetero) is 1. The van der Waals surface area contributed by atoms with Crippen molar-refractivity contribution in [1.82, 2.24) is 0 Å². The number of carbonyl (C=O) groups excluding carboxylic acids is 1. The second-order valence-electron chi connectivity index (χ2n) is 5.13. The van der Waals surface area contributed by atoms with Crippen LogP contribution in [0.5, 0.6) is 11.5 Å². The van der Waals surface area contributed by atoms with Gasteiger partial charge in [-0.3, -0.25) is 4.79 Å². The largest absolute Gasteiger partial charge is 0.507 e. The number of hydrogen-bond donors (Lipinski definition) is 2. The molecule has 0 aromatic heterocycles. The Morgan fingerprint density at radius 3 is 2.28 bits per heavy atom. The van der Waals surface area contributed by atoms with E-state index in [9.17, 15) is 18.0 Å². The highest BCUT2D eigenvalue weighted by atomic mass is 32.2. The number of ketones is 1. The van der Waals surface area contributed by atoms with Gasteiger partial charge >= 0.3 is 5.97 Å². The lowest BCUT2D eigenvalue weighted by molar-refractivity contribution is -0.113. The van der Waals surface area contributed by atoms with Gasteiger partial charge in [0.05, 0.1) is 16.4 Å². The van der Waals surface area contributed by atoms with Gasteiger partial charge in [0.25, 0.3) is 0 Å². The predicted octanol–water partition coefficient (Wildman–Crippen LogP) is 2.20. The van der Waals surface area contributed by atoms with Gasteiger partial charge in [-0.2, -0.15) is 0 Å². The Bertz CT molecular complexity index is 934. The van der Waals surface area contributed by atoms with Crippen LogP contribution >= 0.6 is 0 Å². The average Bonchev–Trinajstić information content (AvgIpc) is 2.97. The summed E-state index contributed by atoms with van der Waals surface area (Å²) in [6, 6.07) is 4.11. The van der Waals surface area contributed by atoms with Crippen molar-refractivity contribution < 1.29 is 33.0 Å². The van der Waals surface area contributed by atoms with Crippen LogP contribution in [-0.2, 0) is 14.6 Å². The van der Waals surface area contributed by atoms with Gasteiger partial charge in [0.15, 0.2) is 5.78 Å². The Labute approximate surface area is 144 Å². The highest BCUT2D eigenvalue weighted by Gasteiger charge is 2.35. The molecule has 1 aromatic rings. The summed E-state index contributed by atoms with van der Waals surface area (Å²) in [5.74, 6) is -1.18. The van der Waals surface area contributed by atoms with Crippen molar-refractivity contribution in [1.29, 1.82) is 0 Å². The third-order valence-corrected chi connectivity index (χ3v) is 5.25. The summed E-state index contributed by atoms with van der Waals surface area (Å²) >= 11 is 0. The number of allylic oxidation sites excluding steroid dienone is 4. The second kappa shape index (κ2) is 6.94. The van der Waals surface area contributed by atoms with Crippen molar-refractivity contribution in [3.05, 3.63) is 57.4 Å². The normalized spacial score (nSPS) is 16.2. The van der Waals surface area contributed by atoms with E-state index in [1.54, 1.807) is 6.92 Å². The number of aromatic carboxylic acids is 1. The summed E-state index contributed by atoms with van der Waals surface area (Å²) in [6.07, 6.45) is 4.41. The van der Waals surface area contributed by atoms with Crippen LogP contribution in [0.15, 0.2) is 51.8 Å². The second-order valence-corrected chi connectivity index (χ2v) is 7.05. The van der Waals surface area contributed by atoms with Crippen molar-refractivity contribution >= 4 is 21.6 Å². The number of aromatic hydroxyl groups is 1. The first-order chi connectivity index (χ1) is 11.7. The van der Waals surface area contributed by atoms with Crippen LogP contribution < -0.4 is 4.74 Å². The summed E-state index contributed by atoms with van der Waals surface area (Å²) < 4.78 is 27.7. The minimum atomic E-state index is -3.28. The number of carbonyl (C=O) groups is 2. The molecule has 2 bridgehead atoms. The Morgan fingerprint density at radius 1 is 1.20 bits per heavy atom. The quantitative estimate of drug-likeness (QED) is 0.841. The lowest BCUT2D eigenvalue weighted by Gasteiger charge is -2.04. The third-order valence-electron chi connectivity index (χ3n) is 3.44. The van der Waals surface area contributed by atoms with Crippen molar-refractivity contribution in [3.63, 3.8) is 0 Å². The maximum Gasteiger partial charge on any atom is 0.339 e. The van der Waals surface area contributed by atoms with Gasteiger partial charge in [-0.25, -0.2) is 13.2 Å². The van der Waals surface area contributed by atoms with E-state index < -0.39 is 15.8 Å². The van der Waals surface area contributed by atoms with E-state index in [2.05, 4.69) is 0 Å². The number of hydrogen-bond acceptors (Lipinski definition) is 6. The summed E-state index contributed by atoms with van der Waals surface area (Å²) in [5.41, 5.74) is 0.165. The zero-order valence-electron chi connectivity index (χ0n) is 13.5. The molecule has 7 nitrogen and oxygen atoms in total. The Hall–Kier alpha value is -2.87. The van der Waals surface area contributed by atoms with Gasteiger partial charge in [-0.1, -0.05) is 0 Å². The average molecular weight is 364 g/mol. The highest BCUT2D eigenvalue weighted by Crippen LogP contribution is 2.37. The molecule has 0 atom stereocenters. The minimum absolute atomic E-state index is 0.147. The van der Waals surface area contributed by atoms with Gasteiger partial charge in [0.1, 0.15) is 17.1 Å². The first kappa shape index (κ1) is 18.5. The molecular weight excluding hydrogens is 348 g/mol. The number of fused-ring (bicyclic) bond motifs is 2. The number of benzene rings is 1. The first-order valence-corrected chi connectivity index (χ1v) is 8.76. The minimum Gasteiger partial charge on any atom is -0.507 e. The molecule has 2 N–H and O–H groups in total. The van der Waals surface area contributed by atoms with E-state index in [-0.39, 0.29) is 26.9 Å². The molecule has 0 fully saturated rings. The standard InChI is InChI=1S/C9H10O4.C8H6O3S/c1-2-13-6-3-4-8(10)7(5-6)9(11)12;1-5(9)7-4-6-2-3-8(7)12(6,10)11/h3-5,10H,2H2,1H3,(H,11,12);2-4H,1H3. The molecule has 25 heavy (non-hydrogen) atoms. The van der Waals surface area contributed by atoms with Crippen molar-refractivity contribution in [3.8, 4) is 11.5 Å². The van der Waals surface area contributed by atoms with Gasteiger partial charge in [0, 0.05) is 5.57 Å². The van der Waals surface area contributed by atoms with Crippen LogP contribution in [0.2, 0.25) is 0 Å². The number of rotatable bonds is 4. The van der Waals surface area contributed by atoms with Gasteiger partial charge in [-0.15, -0.1) is 0 Å². The molecule has 132 valence electrons. The SMILES string of the molecule is CC(=O)C1=C2C=CC(=C1)S2(=O)=O.CCOc1ccc(O)c(C(=O)O)c1. The zero-order valence-corrected chi connectivity index (χ0v) is 14.3. The number of carboxylic acid groups (broad SMARTS) is 1. The lowest BCUT2D eigenvalue weighted by atomic mass is 10.1. The number of ether oxygens (including phenoxy) is 1. The Morgan fingerprint density at radius 2 is 1.88 bits per heavy atom. The smallest absolute Gasteiger partial charge is 0.339 e. The fourth-order valence-electron chi connectivity index (χ4n) is 2.26. The van der Waals surface area contributed by atoms with Crippen LogP contribution in [0, 0.1) is 0 Å². The third kappa shape index (κ3) is 3.63. The van der Waals surface area contributed by atoms with E-state index in [0.29, 0.717) is 17.9 Å². The highest BCUT2D eigenvalue weighted by molar-refractivity contribution is 8.00. The molecule has 2 heterocycles. The fourth-order valence-corrected chi connectivity index (χ4v) is 3.77. The van der Waals surface area contributed by atoms with Crippen molar-refractivity contribution in [2.24, 2.45) is 0 Å². The van der Waals surface area contributed by atoms with E-state index in [4.69, 9.17) is 14.9 Å². The molecular formula is C17H16O7S. The van der Waals surface area contributed by atoms with Gasteiger partial charge in [-0.05, 0) is 50.3 Å². The molecule has 0 amide bonds. The van der Waals surface area contributed by atoms with Crippen LogP contribution in [-0.4, -0.2) is 37.0 Å². The summed E-state index contributed by atoms with van der Waals surface area (Å²) in [5, 5.41) is 17.8. The Kier molecular flexibility index (Phi) is 5.13. The molecule has 2 aliphatic rings. The van der Waals surface area contributed by atoms with E-state index in [1.807, 2.05) is 0 Å². The molecule has 0 spiro atoms. The van der Waals surface area contributed by atoms with E-state index >= 15 is 0 Å². The van der Waals surface area contributed by atoms with Crippen LogP contribution in [0.1, 0.15) is 24.2 Å². The topological polar surface area (TPSA) is 118 Å². The van der Waals surface area contributed by atoms with Gasteiger partial charge < -0.3 is 14.9 Å². The molecule has 0 radical (unpaired) electrons. The predicted molar refractivity (Wildman–Crippen MR) is 90.1 cm³/mol. The maximum atomic E-state index is 11.3. The van der Waals surface area contributed by atoms with Crippen molar-refractivity contribution in [2.45, 2.75) is 13.8 Å². The molecule has 0 saturated carbocycles. The van der Waals surface area contributed by atoms with Crippen LogP contribution in [0.25, 0.3) is 0 Å². The fraction of sp³-hybridized carbons (Fsp3) is 0.176. The summed E-state index contributed by atoms with van der Waals surface area (Å²) in [4.78, 5) is 21.9. The van der Waals surface area contributed by atoms with Crippen LogP contribution in [0.4, 0.5) is 0 Å². The molecule has 1 aromatic carbocycles. The monoisotopic (exact) mass is 364 g/mol. The number of sulfone groups is 1. The van der Waals surface area contributed by atoms with E-state index in [0.717, 1.165) is 0 Å². The number of phenols is 1. The maximum absolute atomic E-state index is 11.3. The van der Waals surface area contributed by atoms with E-state index in [1.165, 1.54) is 43.4 Å². The zero-order chi connectivity index (χ0) is 18.8. The summed E-state index contributed by atoms with van der Waals surface area (Å²) in [7, 11) is -3.28. The van der Waals surface area contributed by atoms with Crippen LogP contribution in [0.3, 0.4) is 0 Å². The first-order valence-electron chi connectivity index (χ1n) is 7.27.